The molecule has 1 aromatic rings. The lowest BCUT2D eigenvalue weighted by Gasteiger charge is -2.19. The van der Waals surface area contributed by atoms with Gasteiger partial charge in [-0.3, -0.25) is 5.32 Å². The standard InChI is InChI=1S/C12H15BrN2O4/c1-12(2,3)19-11(17)15-8-6-5-7(9(13)14-8)10(16)18-4/h5-6H,1-4H3,(H,14,15,17). The summed E-state index contributed by atoms with van der Waals surface area (Å²) in [5.74, 6) is -0.239. The van der Waals surface area contributed by atoms with Gasteiger partial charge < -0.3 is 9.47 Å². The number of amides is 1. The van der Waals surface area contributed by atoms with Crippen molar-refractivity contribution in [3.8, 4) is 0 Å². The SMILES string of the molecule is COC(=O)c1ccc(NC(=O)OC(C)(C)C)nc1Br. The van der Waals surface area contributed by atoms with Crippen LogP contribution in [0.25, 0.3) is 0 Å². The van der Waals surface area contributed by atoms with Gasteiger partial charge in [0, 0.05) is 0 Å². The molecule has 0 aliphatic carbocycles. The van der Waals surface area contributed by atoms with Crippen molar-refractivity contribution >= 4 is 33.8 Å². The zero-order valence-electron chi connectivity index (χ0n) is 11.1. The molecule has 6 nitrogen and oxygen atoms in total. The van der Waals surface area contributed by atoms with E-state index in [1.165, 1.54) is 19.2 Å². The second kappa shape index (κ2) is 6.01. The molecule has 0 aliphatic heterocycles. The summed E-state index contributed by atoms with van der Waals surface area (Å²) in [5.41, 5.74) is -0.315. The number of halogens is 1. The average Bonchev–Trinajstić information content (AvgIpc) is 2.25. The van der Waals surface area contributed by atoms with Gasteiger partial charge in [-0.25, -0.2) is 14.6 Å². The molecule has 0 saturated heterocycles. The fraction of sp³-hybridized carbons (Fsp3) is 0.417. The Kier molecular flexibility index (Phi) is 4.88. The van der Waals surface area contributed by atoms with Crippen molar-refractivity contribution in [2.75, 3.05) is 12.4 Å². The number of anilines is 1. The minimum absolute atomic E-state index is 0.272. The van der Waals surface area contributed by atoms with E-state index in [-0.39, 0.29) is 16.0 Å². The van der Waals surface area contributed by atoms with Crippen LogP contribution in [0.4, 0.5) is 10.6 Å². The fourth-order valence-corrected chi connectivity index (χ4v) is 1.66. The molecule has 0 fully saturated rings. The Hall–Kier alpha value is -1.63. The number of methoxy groups -OCH3 is 1. The minimum Gasteiger partial charge on any atom is -0.465 e. The van der Waals surface area contributed by atoms with Gasteiger partial charge in [0.25, 0.3) is 0 Å². The second-order valence-electron chi connectivity index (χ2n) is 4.65. The van der Waals surface area contributed by atoms with Gasteiger partial charge in [-0.1, -0.05) is 0 Å². The quantitative estimate of drug-likeness (QED) is 0.666. The number of rotatable bonds is 2. The Balaban J connectivity index is 2.79. The van der Waals surface area contributed by atoms with Crippen molar-refractivity contribution in [2.45, 2.75) is 26.4 Å². The number of ether oxygens (including phenoxy) is 2. The van der Waals surface area contributed by atoms with Crippen molar-refractivity contribution in [1.82, 2.24) is 4.98 Å². The lowest BCUT2D eigenvalue weighted by Crippen LogP contribution is -2.27. The van der Waals surface area contributed by atoms with E-state index in [0.29, 0.717) is 0 Å². The van der Waals surface area contributed by atoms with Gasteiger partial charge >= 0.3 is 12.1 Å². The predicted octanol–water partition coefficient (Wildman–Crippen LogP) is 2.98. The van der Waals surface area contributed by atoms with Gasteiger partial charge in [0.05, 0.1) is 12.7 Å². The maximum absolute atomic E-state index is 11.5. The predicted molar refractivity (Wildman–Crippen MR) is 73.1 cm³/mol. The van der Waals surface area contributed by atoms with E-state index in [1.54, 1.807) is 20.8 Å². The highest BCUT2D eigenvalue weighted by Gasteiger charge is 2.17. The van der Waals surface area contributed by atoms with Gasteiger partial charge in [-0.2, -0.15) is 0 Å². The van der Waals surface area contributed by atoms with Crippen LogP contribution in [0.1, 0.15) is 31.1 Å². The van der Waals surface area contributed by atoms with Crippen LogP contribution in [0.2, 0.25) is 0 Å². The van der Waals surface area contributed by atoms with Crippen LogP contribution in [-0.2, 0) is 9.47 Å². The number of nitrogens with zero attached hydrogens (tertiary/aromatic N) is 1. The molecule has 0 aliphatic rings. The van der Waals surface area contributed by atoms with Gasteiger partial charge in [0.2, 0.25) is 0 Å². The number of pyridine rings is 1. The summed E-state index contributed by atoms with van der Waals surface area (Å²) in [6.07, 6.45) is -0.613. The highest BCUT2D eigenvalue weighted by Crippen LogP contribution is 2.18. The molecular weight excluding hydrogens is 316 g/mol. The molecular formula is C12H15BrN2O4. The first kappa shape index (κ1) is 15.4. The van der Waals surface area contributed by atoms with Gasteiger partial charge in [-0.15, -0.1) is 0 Å². The zero-order chi connectivity index (χ0) is 14.6. The first-order chi connectivity index (χ1) is 8.73. The third-order valence-corrected chi connectivity index (χ3v) is 2.49. The van der Waals surface area contributed by atoms with Gasteiger partial charge in [0.1, 0.15) is 16.0 Å². The molecule has 1 N–H and O–H groups in total. The molecule has 1 amide bonds. The summed E-state index contributed by atoms with van der Waals surface area (Å²) in [6.45, 7) is 5.28. The molecule has 0 radical (unpaired) electrons. The second-order valence-corrected chi connectivity index (χ2v) is 5.40. The third-order valence-electron chi connectivity index (χ3n) is 1.88. The Morgan fingerprint density at radius 1 is 1.32 bits per heavy atom. The van der Waals surface area contributed by atoms with Gasteiger partial charge in [0.15, 0.2) is 0 Å². The maximum atomic E-state index is 11.5. The van der Waals surface area contributed by atoms with E-state index < -0.39 is 17.7 Å². The fourth-order valence-electron chi connectivity index (χ4n) is 1.17. The maximum Gasteiger partial charge on any atom is 0.413 e. The number of carbonyl (C=O) groups excluding carboxylic acids is 2. The molecule has 1 aromatic heterocycles. The summed E-state index contributed by atoms with van der Waals surface area (Å²) >= 11 is 3.14. The number of esters is 1. The van der Waals surface area contributed by atoms with Crippen LogP contribution < -0.4 is 5.32 Å². The third kappa shape index (κ3) is 4.86. The number of hydrogen-bond donors (Lipinski definition) is 1. The summed E-state index contributed by atoms with van der Waals surface area (Å²) in [6, 6.07) is 2.98. The molecule has 7 heteroatoms. The minimum atomic E-state index is -0.613. The number of carbonyl (C=O) groups is 2. The number of hydrogen-bond acceptors (Lipinski definition) is 5. The Labute approximate surface area is 119 Å². The zero-order valence-corrected chi connectivity index (χ0v) is 12.7. The normalized spacial score (nSPS) is 10.8. The molecule has 104 valence electrons. The van der Waals surface area contributed by atoms with Crippen molar-refractivity contribution in [1.29, 1.82) is 0 Å². The molecule has 0 spiro atoms. The Morgan fingerprint density at radius 3 is 2.42 bits per heavy atom. The van der Waals surface area contributed by atoms with E-state index in [1.807, 2.05) is 0 Å². The first-order valence-electron chi connectivity index (χ1n) is 5.48. The lowest BCUT2D eigenvalue weighted by molar-refractivity contribution is 0.0597. The Morgan fingerprint density at radius 2 is 1.95 bits per heavy atom. The summed E-state index contributed by atoms with van der Waals surface area (Å²) < 4.78 is 9.95. The van der Waals surface area contributed by atoms with Crippen LogP contribution in [0.15, 0.2) is 16.7 Å². The van der Waals surface area contributed by atoms with Crippen molar-refractivity contribution in [3.63, 3.8) is 0 Å². The lowest BCUT2D eigenvalue weighted by atomic mass is 10.2. The molecule has 0 aromatic carbocycles. The smallest absolute Gasteiger partial charge is 0.413 e. The summed E-state index contributed by atoms with van der Waals surface area (Å²) in [4.78, 5) is 26.9. The van der Waals surface area contributed by atoms with Crippen LogP contribution in [0.5, 0.6) is 0 Å². The van der Waals surface area contributed by atoms with Crippen LogP contribution in [0.3, 0.4) is 0 Å². The van der Waals surface area contributed by atoms with Crippen molar-refractivity contribution in [2.24, 2.45) is 0 Å². The Bertz CT molecular complexity index is 497. The first-order valence-corrected chi connectivity index (χ1v) is 6.27. The highest BCUT2D eigenvalue weighted by molar-refractivity contribution is 9.10. The number of aromatic nitrogens is 1. The molecule has 0 unspecified atom stereocenters. The largest absolute Gasteiger partial charge is 0.465 e. The van der Waals surface area contributed by atoms with Crippen LogP contribution >= 0.6 is 15.9 Å². The summed E-state index contributed by atoms with van der Waals surface area (Å²) in [7, 11) is 1.28. The highest BCUT2D eigenvalue weighted by atomic mass is 79.9. The van der Waals surface area contributed by atoms with Crippen LogP contribution in [-0.4, -0.2) is 29.8 Å². The summed E-state index contributed by atoms with van der Waals surface area (Å²) in [5, 5.41) is 2.47. The van der Waals surface area contributed by atoms with Crippen molar-refractivity contribution in [3.05, 3.63) is 22.3 Å². The van der Waals surface area contributed by atoms with E-state index in [9.17, 15) is 9.59 Å². The molecule has 0 saturated carbocycles. The monoisotopic (exact) mass is 330 g/mol. The van der Waals surface area contributed by atoms with Crippen LogP contribution in [0, 0.1) is 0 Å². The van der Waals surface area contributed by atoms with E-state index >= 15 is 0 Å². The molecule has 19 heavy (non-hydrogen) atoms. The molecule has 0 bridgehead atoms. The van der Waals surface area contributed by atoms with E-state index in [4.69, 9.17) is 4.74 Å². The molecule has 1 heterocycles. The average molecular weight is 331 g/mol. The van der Waals surface area contributed by atoms with Gasteiger partial charge in [-0.05, 0) is 48.8 Å². The van der Waals surface area contributed by atoms with Crippen molar-refractivity contribution < 1.29 is 19.1 Å². The van der Waals surface area contributed by atoms with E-state index in [2.05, 4.69) is 31.0 Å². The number of nitrogens with one attached hydrogen (secondary N) is 1. The topological polar surface area (TPSA) is 77.5 Å². The molecule has 0 atom stereocenters. The van der Waals surface area contributed by atoms with E-state index in [0.717, 1.165) is 0 Å². The molecule has 1 rings (SSSR count).